The molecule has 0 spiro atoms. The van der Waals surface area contributed by atoms with Crippen LogP contribution in [0.3, 0.4) is 0 Å². The van der Waals surface area contributed by atoms with E-state index in [1.165, 1.54) is 19.9 Å². The molecule has 0 amide bonds. The van der Waals surface area contributed by atoms with Crippen LogP contribution < -0.4 is 15.8 Å². The van der Waals surface area contributed by atoms with Crippen LogP contribution in [0, 0.1) is 6.92 Å². The van der Waals surface area contributed by atoms with Crippen LogP contribution in [0.1, 0.15) is 30.1 Å². The molecule has 0 aliphatic carbocycles. The quantitative estimate of drug-likeness (QED) is 0.819. The average Bonchev–Trinajstić information content (AvgIpc) is 3.00. The van der Waals surface area contributed by atoms with Crippen molar-refractivity contribution in [3.8, 4) is 5.75 Å². The van der Waals surface area contributed by atoms with Crippen molar-refractivity contribution >= 4 is 18.1 Å². The van der Waals surface area contributed by atoms with Gasteiger partial charge in [-0.25, -0.2) is 4.98 Å². The fraction of sp³-hybridized carbons (Fsp3) is 0.368. The maximum atomic E-state index is 5.17. The van der Waals surface area contributed by atoms with Gasteiger partial charge in [0.2, 0.25) is 0 Å². The van der Waals surface area contributed by atoms with Crippen molar-refractivity contribution in [2.45, 2.75) is 32.7 Å². The van der Waals surface area contributed by atoms with Gasteiger partial charge in [0.25, 0.3) is 0 Å². The van der Waals surface area contributed by atoms with Crippen molar-refractivity contribution in [3.05, 3.63) is 47.7 Å². The van der Waals surface area contributed by atoms with Crippen LogP contribution in [0.2, 0.25) is 0 Å². The smallest absolute Gasteiger partial charge is 0.119 e. The maximum absolute atomic E-state index is 5.17. The molecule has 0 fully saturated rings. The predicted molar refractivity (Wildman–Crippen MR) is 104 cm³/mol. The molecule has 25 heavy (non-hydrogen) atoms. The number of benzene rings is 1. The summed E-state index contributed by atoms with van der Waals surface area (Å²) in [5, 5.41) is 3.28. The number of methoxy groups -OCH3 is 1. The molecule has 0 bridgehead atoms. The van der Waals surface area contributed by atoms with E-state index in [9.17, 15) is 0 Å². The minimum absolute atomic E-state index is 0.818. The van der Waals surface area contributed by atoms with Gasteiger partial charge < -0.3 is 20.4 Å². The van der Waals surface area contributed by atoms with Crippen LogP contribution in [0.15, 0.2) is 35.5 Å². The lowest BCUT2D eigenvalue weighted by atomic mass is 10.1. The van der Waals surface area contributed by atoms with E-state index >= 15 is 0 Å². The molecule has 3 rings (SSSR count). The third kappa shape index (κ3) is 4.28. The van der Waals surface area contributed by atoms with Gasteiger partial charge in [0.1, 0.15) is 17.3 Å². The van der Waals surface area contributed by atoms with Gasteiger partial charge >= 0.3 is 0 Å². The number of imidazole rings is 1. The van der Waals surface area contributed by atoms with E-state index in [0.29, 0.717) is 0 Å². The first-order chi connectivity index (χ1) is 12.2. The Morgan fingerprint density at radius 2 is 2.04 bits per heavy atom. The van der Waals surface area contributed by atoms with Crippen LogP contribution in [-0.2, 0) is 13.0 Å². The Bertz CT molecular complexity index is 731. The zero-order valence-electron chi connectivity index (χ0n) is 15.2. The lowest BCUT2D eigenvalue weighted by Crippen LogP contribution is -2.12. The topological polar surface area (TPSA) is 77.5 Å². The number of aryl methyl sites for hydroxylation is 2. The van der Waals surface area contributed by atoms with Gasteiger partial charge in [-0.05, 0) is 57.8 Å². The molecule has 0 atom stereocenters. The number of ether oxygens (including phenoxy) is 1. The third-order valence-electron chi connectivity index (χ3n) is 4.13. The first-order valence-electron chi connectivity index (χ1n) is 8.44. The standard InChI is InChI=1S/C18H22N4O.CH5N/c1-13-18(22-11-5-4-6-17(22)21-13)16(19-2)12-20-14-7-9-15(23-3)10-8-14;1-2/h7-10,12,20H,2,4-6,11H2,1,3H3;2H2,1H3/b16-12-;. The molecule has 6 nitrogen and oxygen atoms in total. The number of nitrogens with zero attached hydrogens (tertiary/aromatic N) is 3. The monoisotopic (exact) mass is 341 g/mol. The van der Waals surface area contributed by atoms with Gasteiger partial charge in [0.15, 0.2) is 0 Å². The fourth-order valence-corrected chi connectivity index (χ4v) is 2.97. The summed E-state index contributed by atoms with van der Waals surface area (Å²) in [6, 6.07) is 7.77. The highest BCUT2D eigenvalue weighted by atomic mass is 16.5. The largest absolute Gasteiger partial charge is 0.497 e. The first-order valence-corrected chi connectivity index (χ1v) is 8.44. The van der Waals surface area contributed by atoms with Crippen molar-refractivity contribution in [2.24, 2.45) is 10.7 Å². The van der Waals surface area contributed by atoms with Crippen LogP contribution in [0.25, 0.3) is 5.70 Å². The highest BCUT2D eigenvalue weighted by molar-refractivity contribution is 5.70. The van der Waals surface area contributed by atoms with Crippen molar-refractivity contribution in [3.63, 3.8) is 0 Å². The summed E-state index contributed by atoms with van der Waals surface area (Å²) < 4.78 is 7.44. The molecular formula is C19H27N5O. The Labute approximate surface area is 149 Å². The Morgan fingerprint density at radius 1 is 1.32 bits per heavy atom. The highest BCUT2D eigenvalue weighted by Gasteiger charge is 2.19. The second-order valence-electron chi connectivity index (χ2n) is 5.63. The molecule has 1 aromatic carbocycles. The van der Waals surface area contributed by atoms with E-state index in [-0.39, 0.29) is 0 Å². The number of anilines is 1. The van der Waals surface area contributed by atoms with Gasteiger partial charge in [-0.1, -0.05) is 0 Å². The van der Waals surface area contributed by atoms with E-state index in [0.717, 1.165) is 47.3 Å². The molecule has 6 heteroatoms. The molecule has 1 aliphatic rings. The summed E-state index contributed by atoms with van der Waals surface area (Å²) in [5.41, 5.74) is 8.37. The van der Waals surface area contributed by atoms with Gasteiger partial charge in [-0.2, -0.15) is 0 Å². The molecule has 134 valence electrons. The van der Waals surface area contributed by atoms with E-state index in [1.54, 1.807) is 7.11 Å². The second kappa shape index (κ2) is 9.03. The lowest BCUT2D eigenvalue weighted by molar-refractivity contribution is 0.415. The molecule has 2 heterocycles. The Hall–Kier alpha value is -2.60. The number of nitrogens with two attached hydrogens (primary N) is 1. The Balaban J connectivity index is 0.00000109. The first kappa shape index (κ1) is 18.7. The van der Waals surface area contributed by atoms with E-state index in [4.69, 9.17) is 4.74 Å². The summed E-state index contributed by atoms with van der Waals surface area (Å²) in [6.07, 6.45) is 5.32. The fourth-order valence-electron chi connectivity index (χ4n) is 2.97. The van der Waals surface area contributed by atoms with Gasteiger partial charge in [0.05, 0.1) is 18.5 Å². The number of hydrogen-bond donors (Lipinski definition) is 2. The Morgan fingerprint density at radius 3 is 2.68 bits per heavy atom. The van der Waals surface area contributed by atoms with Gasteiger partial charge in [-0.3, -0.25) is 4.99 Å². The lowest BCUT2D eigenvalue weighted by Gasteiger charge is -2.16. The van der Waals surface area contributed by atoms with E-state index in [2.05, 4.69) is 32.3 Å². The molecule has 2 aromatic rings. The number of nitrogens with one attached hydrogen (secondary N) is 1. The van der Waals surface area contributed by atoms with E-state index < -0.39 is 0 Å². The normalized spacial score (nSPS) is 13.4. The molecule has 1 aliphatic heterocycles. The molecule has 3 N–H and O–H groups in total. The predicted octanol–water partition coefficient (Wildman–Crippen LogP) is 3.22. The number of hydrogen-bond acceptors (Lipinski definition) is 5. The molecular weight excluding hydrogens is 314 g/mol. The Kier molecular flexibility index (Phi) is 6.77. The second-order valence-corrected chi connectivity index (χ2v) is 5.63. The van der Waals surface area contributed by atoms with Crippen molar-refractivity contribution < 1.29 is 4.74 Å². The summed E-state index contributed by atoms with van der Waals surface area (Å²) in [5.74, 6) is 1.99. The minimum Gasteiger partial charge on any atom is -0.497 e. The molecule has 0 saturated carbocycles. The number of rotatable bonds is 5. The summed E-state index contributed by atoms with van der Waals surface area (Å²) in [4.78, 5) is 8.90. The van der Waals surface area contributed by atoms with Crippen LogP contribution in [0.4, 0.5) is 5.69 Å². The van der Waals surface area contributed by atoms with Crippen molar-refractivity contribution in [2.75, 3.05) is 19.5 Å². The summed E-state index contributed by atoms with van der Waals surface area (Å²) >= 11 is 0. The third-order valence-corrected chi connectivity index (χ3v) is 4.13. The molecule has 0 saturated heterocycles. The number of aromatic nitrogens is 2. The summed E-state index contributed by atoms with van der Waals surface area (Å²) in [7, 11) is 3.16. The maximum Gasteiger partial charge on any atom is 0.119 e. The van der Waals surface area contributed by atoms with Crippen molar-refractivity contribution in [1.29, 1.82) is 0 Å². The van der Waals surface area contributed by atoms with Crippen LogP contribution in [0.5, 0.6) is 5.75 Å². The zero-order valence-corrected chi connectivity index (χ0v) is 15.2. The van der Waals surface area contributed by atoms with E-state index in [1.807, 2.05) is 37.4 Å². The van der Waals surface area contributed by atoms with Crippen LogP contribution >= 0.6 is 0 Å². The number of fused-ring (bicyclic) bond motifs is 1. The van der Waals surface area contributed by atoms with Crippen molar-refractivity contribution in [1.82, 2.24) is 9.55 Å². The highest BCUT2D eigenvalue weighted by Crippen LogP contribution is 2.26. The molecule has 0 unspecified atom stereocenters. The molecule has 1 aromatic heterocycles. The van der Waals surface area contributed by atoms with Gasteiger partial charge in [-0.15, -0.1) is 0 Å². The SMILES string of the molecule is C=N/C(=C\Nc1ccc(OC)cc1)c1c(C)nc2n1CCCC2.CN. The minimum atomic E-state index is 0.818. The number of aliphatic imine (C=N–C) groups is 1. The van der Waals surface area contributed by atoms with Gasteiger partial charge in [0, 0.05) is 24.9 Å². The summed E-state index contributed by atoms with van der Waals surface area (Å²) in [6.45, 7) is 6.76. The average molecular weight is 341 g/mol. The molecule has 0 radical (unpaired) electrons. The zero-order chi connectivity index (χ0) is 18.2. The van der Waals surface area contributed by atoms with Crippen LogP contribution in [-0.4, -0.2) is 30.4 Å².